The highest BCUT2D eigenvalue weighted by Crippen LogP contribution is 2.24. The van der Waals surface area contributed by atoms with Gasteiger partial charge in [-0.25, -0.2) is 0 Å². The van der Waals surface area contributed by atoms with E-state index in [1.54, 1.807) is 7.11 Å². The molecule has 0 saturated heterocycles. The summed E-state index contributed by atoms with van der Waals surface area (Å²) >= 11 is 0. The van der Waals surface area contributed by atoms with Gasteiger partial charge in [0.05, 0.1) is 19.6 Å². The third kappa shape index (κ3) is 4.19. The van der Waals surface area contributed by atoms with Gasteiger partial charge in [-0.1, -0.05) is 30.3 Å². The molecule has 5 nitrogen and oxygen atoms in total. The summed E-state index contributed by atoms with van der Waals surface area (Å²) in [6, 6.07) is 15.2. The second-order valence-corrected chi connectivity index (χ2v) is 5.97. The summed E-state index contributed by atoms with van der Waals surface area (Å²) in [7, 11) is 1.62. The normalized spacial score (nSPS) is 12.1. The van der Waals surface area contributed by atoms with Crippen molar-refractivity contribution in [2.45, 2.75) is 18.9 Å². The average molecular weight is 338 g/mol. The zero-order valence-electron chi connectivity index (χ0n) is 14.2. The first-order valence-corrected chi connectivity index (χ1v) is 8.31. The third-order valence-electron chi connectivity index (χ3n) is 4.25. The van der Waals surface area contributed by atoms with Crippen molar-refractivity contribution in [2.75, 3.05) is 13.7 Å². The Hall–Kier alpha value is -2.79. The van der Waals surface area contributed by atoms with Gasteiger partial charge in [-0.15, -0.1) is 0 Å². The number of hydrogen-bond acceptors (Lipinski definition) is 3. The topological polar surface area (TPSA) is 74.4 Å². The summed E-state index contributed by atoms with van der Waals surface area (Å²) in [4.78, 5) is 15.4. The van der Waals surface area contributed by atoms with Crippen molar-refractivity contribution in [1.82, 2.24) is 10.3 Å². The lowest BCUT2D eigenvalue weighted by Crippen LogP contribution is -2.27. The van der Waals surface area contributed by atoms with Crippen molar-refractivity contribution in [1.29, 1.82) is 0 Å². The highest BCUT2D eigenvalue weighted by Gasteiger charge is 2.11. The molecule has 0 saturated carbocycles. The Labute approximate surface area is 146 Å². The lowest BCUT2D eigenvalue weighted by Gasteiger charge is -2.11. The second kappa shape index (κ2) is 7.85. The van der Waals surface area contributed by atoms with Gasteiger partial charge in [0.2, 0.25) is 5.91 Å². The number of hydrogen-bond donors (Lipinski definition) is 3. The van der Waals surface area contributed by atoms with E-state index in [1.807, 2.05) is 54.7 Å². The maximum atomic E-state index is 12.2. The van der Waals surface area contributed by atoms with Crippen LogP contribution in [0, 0.1) is 0 Å². The smallest absolute Gasteiger partial charge is 0.224 e. The molecule has 1 unspecified atom stereocenters. The van der Waals surface area contributed by atoms with E-state index >= 15 is 0 Å². The van der Waals surface area contributed by atoms with Gasteiger partial charge in [-0.3, -0.25) is 4.79 Å². The Balaban J connectivity index is 1.54. The van der Waals surface area contributed by atoms with Crippen molar-refractivity contribution in [3.63, 3.8) is 0 Å². The predicted molar refractivity (Wildman–Crippen MR) is 97.6 cm³/mol. The molecule has 0 aliphatic rings. The van der Waals surface area contributed by atoms with Crippen molar-refractivity contribution < 1.29 is 14.6 Å². The van der Waals surface area contributed by atoms with Crippen LogP contribution in [-0.4, -0.2) is 29.7 Å². The number of carbonyl (C=O) groups is 1. The number of aromatic nitrogens is 1. The van der Waals surface area contributed by atoms with Gasteiger partial charge in [0.1, 0.15) is 5.75 Å². The van der Waals surface area contributed by atoms with Crippen molar-refractivity contribution in [3.05, 3.63) is 65.9 Å². The molecule has 0 aliphatic carbocycles. The number of benzene rings is 2. The molecule has 3 aromatic rings. The molecule has 5 heteroatoms. The van der Waals surface area contributed by atoms with E-state index in [9.17, 15) is 9.90 Å². The van der Waals surface area contributed by atoms with Gasteiger partial charge in [0, 0.05) is 23.6 Å². The van der Waals surface area contributed by atoms with Gasteiger partial charge < -0.3 is 20.1 Å². The minimum absolute atomic E-state index is 0.0658. The van der Waals surface area contributed by atoms with Gasteiger partial charge >= 0.3 is 0 Å². The lowest BCUT2D eigenvalue weighted by atomic mass is 10.1. The first-order valence-electron chi connectivity index (χ1n) is 8.31. The number of aliphatic hydroxyl groups is 1. The van der Waals surface area contributed by atoms with Crippen molar-refractivity contribution in [3.8, 4) is 5.75 Å². The van der Waals surface area contributed by atoms with Crippen LogP contribution in [-0.2, 0) is 11.2 Å². The Kier molecular flexibility index (Phi) is 5.36. The van der Waals surface area contributed by atoms with E-state index in [1.165, 1.54) is 0 Å². The Bertz CT molecular complexity index is 843. The quantitative estimate of drug-likeness (QED) is 0.620. The van der Waals surface area contributed by atoms with Crippen LogP contribution in [0.15, 0.2) is 54.7 Å². The summed E-state index contributed by atoms with van der Waals surface area (Å²) in [5.74, 6) is 0.698. The molecular weight excluding hydrogens is 316 g/mol. The standard InChI is InChI=1S/C20H22N2O3/c1-25-16-7-8-18-17(12-16)15(13-22-18)11-20(24)21-10-9-19(23)14-5-3-2-4-6-14/h2-8,12-13,19,22-23H,9-11H2,1H3,(H,21,24). The maximum Gasteiger partial charge on any atom is 0.224 e. The van der Waals surface area contributed by atoms with E-state index in [0.29, 0.717) is 13.0 Å². The maximum absolute atomic E-state index is 12.2. The van der Waals surface area contributed by atoms with E-state index in [2.05, 4.69) is 10.3 Å². The van der Waals surface area contributed by atoms with Gasteiger partial charge in [-0.2, -0.15) is 0 Å². The molecule has 0 spiro atoms. The number of fused-ring (bicyclic) bond motifs is 1. The number of nitrogens with one attached hydrogen (secondary N) is 2. The number of aliphatic hydroxyl groups excluding tert-OH is 1. The summed E-state index contributed by atoms with van der Waals surface area (Å²) in [6.45, 7) is 0.431. The highest BCUT2D eigenvalue weighted by atomic mass is 16.5. The fourth-order valence-electron chi connectivity index (χ4n) is 2.86. The zero-order valence-corrected chi connectivity index (χ0v) is 14.2. The predicted octanol–water partition coefficient (Wildman–Crippen LogP) is 2.96. The fourth-order valence-corrected chi connectivity index (χ4v) is 2.86. The average Bonchev–Trinajstić information content (AvgIpc) is 3.04. The molecule has 0 aliphatic heterocycles. The lowest BCUT2D eigenvalue weighted by molar-refractivity contribution is -0.120. The minimum Gasteiger partial charge on any atom is -0.497 e. The largest absolute Gasteiger partial charge is 0.497 e. The van der Waals surface area contributed by atoms with Gasteiger partial charge in [0.25, 0.3) is 0 Å². The Morgan fingerprint density at radius 2 is 2.04 bits per heavy atom. The van der Waals surface area contributed by atoms with Crippen LogP contribution in [0.25, 0.3) is 10.9 Å². The summed E-state index contributed by atoms with van der Waals surface area (Å²) in [5.41, 5.74) is 2.76. The van der Waals surface area contributed by atoms with Crippen LogP contribution in [0.5, 0.6) is 5.75 Å². The molecule has 3 N–H and O–H groups in total. The fraction of sp³-hybridized carbons (Fsp3) is 0.250. The van der Waals surface area contributed by atoms with Gasteiger partial charge in [0.15, 0.2) is 0 Å². The minimum atomic E-state index is -0.571. The number of methoxy groups -OCH3 is 1. The van der Waals surface area contributed by atoms with E-state index in [4.69, 9.17) is 4.74 Å². The number of aromatic amines is 1. The summed E-state index contributed by atoms with van der Waals surface area (Å²) in [5, 5.41) is 14.0. The highest BCUT2D eigenvalue weighted by molar-refractivity contribution is 5.89. The second-order valence-electron chi connectivity index (χ2n) is 5.97. The number of ether oxygens (including phenoxy) is 1. The number of amides is 1. The van der Waals surface area contributed by atoms with Crippen LogP contribution in [0.2, 0.25) is 0 Å². The molecule has 2 aromatic carbocycles. The number of rotatable bonds is 7. The zero-order chi connectivity index (χ0) is 17.6. The molecule has 1 atom stereocenters. The molecule has 0 radical (unpaired) electrons. The molecule has 3 rings (SSSR count). The number of H-pyrrole nitrogens is 1. The van der Waals surface area contributed by atoms with Crippen molar-refractivity contribution >= 4 is 16.8 Å². The van der Waals surface area contributed by atoms with Crippen molar-refractivity contribution in [2.24, 2.45) is 0 Å². The molecule has 1 heterocycles. The molecule has 1 amide bonds. The molecule has 0 fully saturated rings. The van der Waals surface area contributed by atoms with E-state index < -0.39 is 6.10 Å². The Morgan fingerprint density at radius 3 is 2.80 bits per heavy atom. The van der Waals surface area contributed by atoms with Crippen LogP contribution in [0.4, 0.5) is 0 Å². The first-order chi connectivity index (χ1) is 12.2. The SMILES string of the molecule is COc1ccc2[nH]cc(CC(=O)NCCC(O)c3ccccc3)c2c1. The van der Waals surface area contributed by atoms with Crippen LogP contribution in [0.3, 0.4) is 0 Å². The molecular formula is C20H22N2O3. The van der Waals surface area contributed by atoms with Crippen LogP contribution in [0.1, 0.15) is 23.7 Å². The molecule has 130 valence electrons. The van der Waals surface area contributed by atoms with Crippen LogP contribution < -0.4 is 10.1 Å². The van der Waals surface area contributed by atoms with E-state index in [0.717, 1.165) is 27.8 Å². The summed E-state index contributed by atoms with van der Waals surface area (Å²) < 4.78 is 5.24. The molecule has 25 heavy (non-hydrogen) atoms. The Morgan fingerprint density at radius 1 is 1.24 bits per heavy atom. The monoisotopic (exact) mass is 338 g/mol. The number of carbonyl (C=O) groups excluding carboxylic acids is 1. The third-order valence-corrected chi connectivity index (χ3v) is 4.25. The molecule has 0 bridgehead atoms. The first kappa shape index (κ1) is 17.0. The van der Waals surface area contributed by atoms with E-state index in [-0.39, 0.29) is 12.3 Å². The van der Waals surface area contributed by atoms with Crippen LogP contribution >= 0.6 is 0 Å². The molecule has 1 aromatic heterocycles. The summed E-state index contributed by atoms with van der Waals surface area (Å²) in [6.07, 6.45) is 2.05. The van der Waals surface area contributed by atoms with Gasteiger partial charge in [-0.05, 0) is 35.7 Å².